The van der Waals surface area contributed by atoms with Crippen LogP contribution in [0.15, 0.2) is 49.1 Å². The maximum absolute atomic E-state index is 14.4. The van der Waals surface area contributed by atoms with Gasteiger partial charge in [0.1, 0.15) is 11.5 Å². The Hall–Kier alpha value is -3.24. The zero-order valence-corrected chi connectivity index (χ0v) is 20.7. The minimum Gasteiger partial charge on any atom is -0.386 e. The lowest BCUT2D eigenvalue weighted by Gasteiger charge is -2.26. The van der Waals surface area contributed by atoms with Gasteiger partial charge in [0.15, 0.2) is 15.7 Å². The standard InChI is InChI=1S/C25H29FN6O2S/c1-27-23-7-5-18(14-21(23)26)22-8-6-20-19(4-3-9-31-10-12-35(33,34)13-11-31)15-32(25(20)29-22)24-16-30(2)17-28-24/h5-8,14-17,27H,3-4,9-13H2,1-2H3. The molecule has 0 aliphatic carbocycles. The average Bonchev–Trinajstić information content (AvgIpc) is 3.43. The van der Waals surface area contributed by atoms with Crippen LogP contribution in [0.25, 0.3) is 28.1 Å². The number of aryl methyl sites for hydroxylation is 2. The van der Waals surface area contributed by atoms with Gasteiger partial charge in [0.25, 0.3) is 0 Å². The van der Waals surface area contributed by atoms with Gasteiger partial charge in [-0.05, 0) is 49.2 Å². The van der Waals surface area contributed by atoms with Gasteiger partial charge in [-0.15, -0.1) is 0 Å². The fraction of sp³-hybridized carbons (Fsp3) is 0.360. The van der Waals surface area contributed by atoms with E-state index in [-0.39, 0.29) is 17.3 Å². The predicted octanol–water partition coefficient (Wildman–Crippen LogP) is 3.27. The van der Waals surface area contributed by atoms with Crippen LogP contribution in [-0.2, 0) is 23.3 Å². The third kappa shape index (κ3) is 4.94. The van der Waals surface area contributed by atoms with E-state index in [9.17, 15) is 12.8 Å². The van der Waals surface area contributed by atoms with Crippen molar-refractivity contribution in [2.24, 2.45) is 7.05 Å². The van der Waals surface area contributed by atoms with Crippen LogP contribution in [0.4, 0.5) is 10.1 Å². The second-order valence-electron chi connectivity index (χ2n) is 9.03. The van der Waals surface area contributed by atoms with Crippen LogP contribution in [0, 0.1) is 5.82 Å². The highest BCUT2D eigenvalue weighted by Crippen LogP contribution is 2.29. The topological polar surface area (TPSA) is 85.0 Å². The van der Waals surface area contributed by atoms with E-state index in [1.54, 1.807) is 19.4 Å². The maximum atomic E-state index is 14.4. The van der Waals surface area contributed by atoms with Gasteiger partial charge >= 0.3 is 0 Å². The lowest BCUT2D eigenvalue weighted by molar-refractivity contribution is 0.292. The molecule has 3 aromatic heterocycles. The molecule has 0 radical (unpaired) electrons. The molecule has 0 atom stereocenters. The number of hydrogen-bond donors (Lipinski definition) is 1. The fourth-order valence-electron chi connectivity index (χ4n) is 4.57. The molecule has 10 heteroatoms. The molecule has 35 heavy (non-hydrogen) atoms. The Morgan fingerprint density at radius 1 is 1.11 bits per heavy atom. The van der Waals surface area contributed by atoms with Gasteiger partial charge in [-0.1, -0.05) is 6.07 Å². The number of halogens is 1. The van der Waals surface area contributed by atoms with E-state index in [4.69, 9.17) is 4.98 Å². The van der Waals surface area contributed by atoms with Crippen molar-refractivity contribution in [3.63, 3.8) is 0 Å². The van der Waals surface area contributed by atoms with Gasteiger partial charge in [0.2, 0.25) is 0 Å². The maximum Gasteiger partial charge on any atom is 0.156 e. The smallest absolute Gasteiger partial charge is 0.156 e. The number of fused-ring (bicyclic) bond motifs is 1. The van der Waals surface area contributed by atoms with Gasteiger partial charge in [-0.3, -0.25) is 4.57 Å². The Kier molecular flexibility index (Phi) is 6.33. The Morgan fingerprint density at radius 3 is 2.60 bits per heavy atom. The van der Waals surface area contributed by atoms with E-state index < -0.39 is 9.84 Å². The Bertz CT molecular complexity index is 1460. The number of imidazole rings is 1. The van der Waals surface area contributed by atoms with Gasteiger partial charge in [-0.25, -0.2) is 22.8 Å². The molecule has 1 saturated heterocycles. The highest BCUT2D eigenvalue weighted by molar-refractivity contribution is 7.91. The van der Waals surface area contributed by atoms with Crippen LogP contribution in [0.3, 0.4) is 0 Å². The molecule has 1 aliphatic rings. The van der Waals surface area contributed by atoms with E-state index >= 15 is 0 Å². The lowest BCUT2D eigenvalue weighted by Crippen LogP contribution is -2.40. The van der Waals surface area contributed by atoms with E-state index in [0.717, 1.165) is 41.8 Å². The first kappa shape index (κ1) is 23.5. The van der Waals surface area contributed by atoms with Crippen molar-refractivity contribution in [2.75, 3.05) is 43.5 Å². The largest absolute Gasteiger partial charge is 0.386 e. The molecule has 184 valence electrons. The Balaban J connectivity index is 1.44. The SMILES string of the molecule is CNc1ccc(-c2ccc3c(CCCN4CCS(=O)(=O)CC4)cn(-c4cn(C)cn4)c3n2)cc1F. The minimum absolute atomic E-state index is 0.245. The first-order valence-electron chi connectivity index (χ1n) is 11.7. The summed E-state index contributed by atoms with van der Waals surface area (Å²) in [4.78, 5) is 11.6. The molecule has 1 N–H and O–H groups in total. The van der Waals surface area contributed by atoms with Gasteiger partial charge in [-0.2, -0.15) is 0 Å². The predicted molar refractivity (Wildman–Crippen MR) is 136 cm³/mol. The molecule has 0 amide bonds. The lowest BCUT2D eigenvalue weighted by atomic mass is 10.1. The van der Waals surface area contributed by atoms with Crippen molar-refractivity contribution in [1.29, 1.82) is 0 Å². The summed E-state index contributed by atoms with van der Waals surface area (Å²) in [6.45, 7) is 2.06. The molecule has 8 nitrogen and oxygen atoms in total. The van der Waals surface area contributed by atoms with E-state index in [1.165, 1.54) is 6.07 Å². The molecule has 1 fully saturated rings. The summed E-state index contributed by atoms with van der Waals surface area (Å²) in [5.41, 5.74) is 3.78. The third-order valence-corrected chi connectivity index (χ3v) is 8.17. The van der Waals surface area contributed by atoms with Crippen LogP contribution in [-0.4, -0.2) is 70.6 Å². The number of rotatable bonds is 7. The number of benzene rings is 1. The van der Waals surface area contributed by atoms with Crippen molar-refractivity contribution < 1.29 is 12.8 Å². The quantitative estimate of drug-likeness (QED) is 0.423. The highest BCUT2D eigenvalue weighted by Gasteiger charge is 2.21. The number of nitrogens with one attached hydrogen (secondary N) is 1. The molecule has 0 unspecified atom stereocenters. The van der Waals surface area contributed by atoms with E-state index in [2.05, 4.69) is 21.4 Å². The molecule has 1 aromatic carbocycles. The minimum atomic E-state index is -2.87. The van der Waals surface area contributed by atoms with Gasteiger partial charge in [0, 0.05) is 50.5 Å². The molecule has 0 saturated carbocycles. The number of aromatic nitrogens is 4. The summed E-state index contributed by atoms with van der Waals surface area (Å²) >= 11 is 0. The van der Waals surface area contributed by atoms with Crippen molar-refractivity contribution in [3.05, 3.63) is 60.4 Å². The molecule has 0 bridgehead atoms. The number of sulfone groups is 1. The zero-order valence-electron chi connectivity index (χ0n) is 19.9. The van der Waals surface area contributed by atoms with Gasteiger partial charge < -0.3 is 14.8 Å². The summed E-state index contributed by atoms with van der Waals surface area (Å²) in [6.07, 6.45) is 7.52. The molecule has 4 aromatic rings. The normalized spacial score (nSPS) is 16.1. The molecule has 0 spiro atoms. The first-order chi connectivity index (χ1) is 16.8. The monoisotopic (exact) mass is 496 g/mol. The molecular formula is C25H29FN6O2S. The first-order valence-corrected chi connectivity index (χ1v) is 13.5. The number of pyridine rings is 1. The second-order valence-corrected chi connectivity index (χ2v) is 11.3. The Morgan fingerprint density at radius 2 is 1.91 bits per heavy atom. The van der Waals surface area contributed by atoms with E-state index in [0.29, 0.717) is 30.0 Å². The molecular weight excluding hydrogens is 467 g/mol. The Labute approximate surface area is 204 Å². The van der Waals surface area contributed by atoms with Crippen LogP contribution < -0.4 is 5.32 Å². The van der Waals surface area contributed by atoms with Crippen molar-refractivity contribution in [3.8, 4) is 17.1 Å². The average molecular weight is 497 g/mol. The second kappa shape index (κ2) is 9.43. The van der Waals surface area contributed by atoms with Crippen molar-refractivity contribution in [1.82, 2.24) is 24.0 Å². The number of anilines is 1. The summed E-state index contributed by atoms with van der Waals surface area (Å²) in [6, 6.07) is 9.04. The number of nitrogens with zero attached hydrogens (tertiary/aromatic N) is 5. The number of hydrogen-bond acceptors (Lipinski definition) is 6. The van der Waals surface area contributed by atoms with Crippen LogP contribution in [0.1, 0.15) is 12.0 Å². The summed E-state index contributed by atoms with van der Waals surface area (Å²) in [5.74, 6) is 0.938. The molecule has 1 aliphatic heterocycles. The summed E-state index contributed by atoms with van der Waals surface area (Å²) in [7, 11) is 0.745. The van der Waals surface area contributed by atoms with Crippen molar-refractivity contribution >= 4 is 26.6 Å². The van der Waals surface area contributed by atoms with Crippen LogP contribution >= 0.6 is 0 Å². The van der Waals surface area contributed by atoms with Gasteiger partial charge in [0.05, 0.1) is 29.2 Å². The van der Waals surface area contributed by atoms with Crippen LogP contribution in [0.2, 0.25) is 0 Å². The zero-order chi connectivity index (χ0) is 24.6. The molecule has 4 heterocycles. The third-order valence-electron chi connectivity index (χ3n) is 6.56. The highest BCUT2D eigenvalue weighted by atomic mass is 32.2. The van der Waals surface area contributed by atoms with Crippen LogP contribution in [0.5, 0.6) is 0 Å². The fourth-order valence-corrected chi connectivity index (χ4v) is 5.85. The summed E-state index contributed by atoms with van der Waals surface area (Å²) in [5, 5.41) is 3.88. The molecule has 5 rings (SSSR count). The summed E-state index contributed by atoms with van der Waals surface area (Å²) < 4.78 is 41.6. The van der Waals surface area contributed by atoms with E-state index in [1.807, 2.05) is 40.6 Å². The van der Waals surface area contributed by atoms with Crippen molar-refractivity contribution in [2.45, 2.75) is 12.8 Å².